The maximum absolute atomic E-state index is 13.5. The largest absolute Gasteiger partial charge is 0.504 e. The van der Waals surface area contributed by atoms with Crippen LogP contribution in [-0.4, -0.2) is 74.5 Å². The van der Waals surface area contributed by atoms with E-state index in [-0.39, 0.29) is 46.4 Å². The second-order valence-electron chi connectivity index (χ2n) is 9.00. The number of hydrogen-bond acceptors (Lipinski definition) is 11. The number of hydrogen-bond donors (Lipinski definition) is 5. The van der Waals surface area contributed by atoms with Crippen molar-refractivity contribution in [3.05, 3.63) is 63.0 Å². The van der Waals surface area contributed by atoms with Crippen molar-refractivity contribution in [3.8, 4) is 23.0 Å². The maximum atomic E-state index is 13.5. The van der Waals surface area contributed by atoms with Crippen LogP contribution in [0.25, 0.3) is 16.5 Å². The molecule has 0 amide bonds. The van der Waals surface area contributed by atoms with Crippen molar-refractivity contribution in [1.82, 2.24) is 4.90 Å². The van der Waals surface area contributed by atoms with Crippen molar-refractivity contribution < 1.29 is 44.3 Å². The average Bonchev–Trinajstić information content (AvgIpc) is 3.27. The van der Waals surface area contributed by atoms with E-state index in [1.165, 1.54) is 12.1 Å². The lowest BCUT2D eigenvalue weighted by Gasteiger charge is -2.17. The third-order valence-electron chi connectivity index (χ3n) is 6.62. The van der Waals surface area contributed by atoms with Gasteiger partial charge in [-0.1, -0.05) is 6.08 Å². The van der Waals surface area contributed by atoms with Crippen LogP contribution in [0, 0.1) is 0 Å². The van der Waals surface area contributed by atoms with E-state index >= 15 is 0 Å². The van der Waals surface area contributed by atoms with Gasteiger partial charge < -0.3 is 34.7 Å². The topological polar surface area (TPSA) is 178 Å². The first-order valence-electron chi connectivity index (χ1n) is 11.5. The van der Waals surface area contributed by atoms with E-state index < -0.39 is 46.1 Å². The maximum Gasteiger partial charge on any atom is 0.343 e. The van der Waals surface area contributed by atoms with Gasteiger partial charge in [-0.2, -0.15) is 0 Å². The van der Waals surface area contributed by atoms with Crippen molar-refractivity contribution in [2.24, 2.45) is 0 Å². The van der Waals surface area contributed by atoms with Crippen LogP contribution < -0.4 is 5.43 Å². The number of ketones is 1. The highest BCUT2D eigenvalue weighted by Crippen LogP contribution is 2.37. The van der Waals surface area contributed by atoms with E-state index in [0.29, 0.717) is 31.6 Å². The molecule has 0 saturated carbocycles. The van der Waals surface area contributed by atoms with Crippen LogP contribution in [0.2, 0.25) is 0 Å². The SMILES string of the molecule is O=C1C(c2coc3cc(O)c(O)c(C(=O)OCCN4CCC(O)C4)c3c2=O)=CCc2cc(O)c(O)cc21. The van der Waals surface area contributed by atoms with E-state index in [2.05, 4.69) is 0 Å². The first-order chi connectivity index (χ1) is 17.7. The minimum atomic E-state index is -1.07. The number of carbonyl (C=O) groups is 2. The molecule has 11 heteroatoms. The highest BCUT2D eigenvalue weighted by molar-refractivity contribution is 6.30. The first kappa shape index (κ1) is 24.3. The Morgan fingerprint density at radius 3 is 2.54 bits per heavy atom. The number of nitrogens with zero attached hydrogens (tertiary/aromatic N) is 1. The zero-order chi connectivity index (χ0) is 26.4. The Balaban J connectivity index is 1.52. The zero-order valence-electron chi connectivity index (χ0n) is 19.4. The molecule has 2 aromatic carbocycles. The molecule has 11 nitrogen and oxygen atoms in total. The van der Waals surface area contributed by atoms with E-state index in [9.17, 15) is 39.9 Å². The summed E-state index contributed by atoms with van der Waals surface area (Å²) in [6.45, 7) is 1.30. The number of β-amino-alcohol motifs (C(OH)–C–C–N with tert-alkyl or cyclic N) is 1. The highest BCUT2D eigenvalue weighted by atomic mass is 16.5. The summed E-state index contributed by atoms with van der Waals surface area (Å²) in [6, 6.07) is 3.34. The number of aliphatic hydroxyl groups excluding tert-OH is 1. The van der Waals surface area contributed by atoms with Crippen molar-refractivity contribution in [2.75, 3.05) is 26.2 Å². The number of rotatable bonds is 5. The van der Waals surface area contributed by atoms with Crippen LogP contribution in [0.3, 0.4) is 0 Å². The Morgan fingerprint density at radius 2 is 1.81 bits per heavy atom. The van der Waals surface area contributed by atoms with Gasteiger partial charge in [0.15, 0.2) is 28.8 Å². The molecule has 0 spiro atoms. The van der Waals surface area contributed by atoms with Gasteiger partial charge in [0.25, 0.3) is 0 Å². The number of carbonyl (C=O) groups excluding carboxylic acids is 2. The molecule has 2 aliphatic rings. The van der Waals surface area contributed by atoms with Crippen molar-refractivity contribution in [2.45, 2.75) is 18.9 Å². The number of aliphatic hydroxyl groups is 1. The fraction of sp³-hybridized carbons (Fsp3) is 0.269. The molecule has 192 valence electrons. The number of esters is 1. The van der Waals surface area contributed by atoms with Gasteiger partial charge in [0, 0.05) is 36.8 Å². The Kier molecular flexibility index (Phi) is 6.10. The summed E-state index contributed by atoms with van der Waals surface area (Å²) >= 11 is 0. The third-order valence-corrected chi connectivity index (χ3v) is 6.62. The first-order valence-corrected chi connectivity index (χ1v) is 11.5. The van der Waals surface area contributed by atoms with Gasteiger partial charge >= 0.3 is 5.97 Å². The predicted octanol–water partition coefficient (Wildman–Crippen LogP) is 1.66. The monoisotopic (exact) mass is 509 g/mol. The molecule has 1 atom stereocenters. The number of aromatic hydroxyl groups is 4. The standard InChI is InChI=1S/C26H23NO10/c28-13-3-4-27(10-13)5-6-36-26(35)22-21-20(9-19(31)25(22)34)37-11-16(24(21)33)14-2-1-12-7-17(29)18(30)8-15(12)23(14)32/h2,7-9,11,13,28-31,34H,1,3-6,10H2. The molecular formula is C26H23NO10. The summed E-state index contributed by atoms with van der Waals surface area (Å²) in [5.41, 5.74) is -1.31. The van der Waals surface area contributed by atoms with Gasteiger partial charge in [-0.25, -0.2) is 4.79 Å². The number of Topliss-reactive ketones (excluding diaryl/α,β-unsaturated/α-hetero) is 1. The number of fused-ring (bicyclic) bond motifs is 2. The van der Waals surface area contributed by atoms with E-state index in [1.54, 1.807) is 0 Å². The molecule has 5 N–H and O–H groups in total. The van der Waals surface area contributed by atoms with Crippen molar-refractivity contribution in [1.29, 1.82) is 0 Å². The van der Waals surface area contributed by atoms with E-state index in [4.69, 9.17) is 9.15 Å². The molecule has 1 fully saturated rings. The van der Waals surface area contributed by atoms with Gasteiger partial charge in [-0.15, -0.1) is 0 Å². The summed E-state index contributed by atoms with van der Waals surface area (Å²) in [7, 11) is 0. The fourth-order valence-corrected chi connectivity index (χ4v) is 4.69. The smallest absolute Gasteiger partial charge is 0.343 e. The van der Waals surface area contributed by atoms with E-state index in [0.717, 1.165) is 18.4 Å². The number of likely N-dealkylation sites (tertiary alicyclic amines) is 1. The van der Waals surface area contributed by atoms with Gasteiger partial charge in [0.2, 0.25) is 5.43 Å². The zero-order valence-corrected chi connectivity index (χ0v) is 19.4. The third kappa shape index (κ3) is 4.28. The minimum absolute atomic E-state index is 0.0484. The molecule has 2 heterocycles. The Bertz CT molecular complexity index is 1540. The Labute approximate surface area is 209 Å². The van der Waals surface area contributed by atoms with Gasteiger partial charge in [-0.05, 0) is 30.5 Å². The second kappa shape index (κ2) is 9.26. The lowest BCUT2D eigenvalue weighted by molar-refractivity contribution is 0.0465. The molecule has 0 radical (unpaired) electrons. The van der Waals surface area contributed by atoms with Crippen LogP contribution in [-0.2, 0) is 11.2 Å². The molecule has 5 rings (SSSR count). The molecule has 1 unspecified atom stereocenters. The predicted molar refractivity (Wildman–Crippen MR) is 129 cm³/mol. The lowest BCUT2D eigenvalue weighted by atomic mass is 9.86. The van der Waals surface area contributed by atoms with Crippen LogP contribution in [0.4, 0.5) is 0 Å². The molecule has 37 heavy (non-hydrogen) atoms. The van der Waals surface area contributed by atoms with Gasteiger partial charge in [0.05, 0.1) is 17.1 Å². The second-order valence-corrected chi connectivity index (χ2v) is 9.00. The average molecular weight is 509 g/mol. The number of phenolic OH excluding ortho intramolecular Hbond substituents is 4. The summed E-state index contributed by atoms with van der Waals surface area (Å²) in [5.74, 6) is -4.12. The molecule has 1 saturated heterocycles. The molecule has 1 aliphatic heterocycles. The lowest BCUT2D eigenvalue weighted by Crippen LogP contribution is -2.27. The number of benzene rings is 2. The quantitative estimate of drug-likeness (QED) is 0.249. The molecule has 1 aromatic heterocycles. The van der Waals surface area contributed by atoms with Crippen LogP contribution in [0.1, 0.15) is 38.3 Å². The Morgan fingerprint density at radius 1 is 1.05 bits per heavy atom. The number of phenols is 4. The summed E-state index contributed by atoms with van der Waals surface area (Å²) < 4.78 is 10.7. The van der Waals surface area contributed by atoms with Gasteiger partial charge in [0.1, 0.15) is 24.0 Å². The van der Waals surface area contributed by atoms with Crippen molar-refractivity contribution >= 4 is 28.3 Å². The normalized spacial score (nSPS) is 17.6. The summed E-state index contributed by atoms with van der Waals surface area (Å²) in [4.78, 5) is 41.5. The summed E-state index contributed by atoms with van der Waals surface area (Å²) in [6.07, 6.45) is 2.81. The van der Waals surface area contributed by atoms with Crippen molar-refractivity contribution in [3.63, 3.8) is 0 Å². The Hall–Kier alpha value is -4.35. The molecular weight excluding hydrogens is 486 g/mol. The number of ether oxygens (including phenoxy) is 1. The van der Waals surface area contributed by atoms with Crippen LogP contribution >= 0.6 is 0 Å². The van der Waals surface area contributed by atoms with Gasteiger partial charge in [-0.3, -0.25) is 14.5 Å². The van der Waals surface area contributed by atoms with Crippen LogP contribution in [0.5, 0.6) is 23.0 Å². The number of allylic oxidation sites excluding steroid dienone is 2. The van der Waals surface area contributed by atoms with Crippen LogP contribution in [0.15, 0.2) is 39.7 Å². The summed E-state index contributed by atoms with van der Waals surface area (Å²) in [5, 5.41) is 49.4. The fourth-order valence-electron chi connectivity index (χ4n) is 4.69. The molecule has 0 bridgehead atoms. The van der Waals surface area contributed by atoms with E-state index in [1.807, 2.05) is 4.90 Å². The minimum Gasteiger partial charge on any atom is -0.504 e. The highest BCUT2D eigenvalue weighted by Gasteiger charge is 2.30. The molecule has 1 aliphatic carbocycles. The molecule has 3 aromatic rings.